The van der Waals surface area contributed by atoms with E-state index in [1.165, 1.54) is 16.7 Å². The number of aliphatic carboxylic acids is 1. The SMILES string of the molecule is CCOc1cc(/C=C2/SC(=S)N(CCCC(=O)O)C2=O)ccc1OCc1ccc(Br)cc1. The molecule has 0 saturated carbocycles. The van der Waals surface area contributed by atoms with Crippen LogP contribution in [0.1, 0.15) is 30.9 Å². The molecule has 6 nitrogen and oxygen atoms in total. The van der Waals surface area contributed by atoms with Gasteiger partial charge in [0.25, 0.3) is 5.91 Å². The number of carboxylic acid groups (broad SMARTS) is 1. The Labute approximate surface area is 204 Å². The van der Waals surface area contributed by atoms with Crippen LogP contribution in [0.15, 0.2) is 51.8 Å². The summed E-state index contributed by atoms with van der Waals surface area (Å²) in [5, 5.41) is 8.80. The Kier molecular flexibility index (Phi) is 8.72. The minimum Gasteiger partial charge on any atom is -0.490 e. The lowest BCUT2D eigenvalue weighted by molar-refractivity contribution is -0.137. The van der Waals surface area contributed by atoms with Gasteiger partial charge in [0, 0.05) is 17.4 Å². The summed E-state index contributed by atoms with van der Waals surface area (Å²) in [6.45, 7) is 3.07. The molecule has 168 valence electrons. The molecule has 0 aromatic heterocycles. The predicted octanol–water partition coefficient (Wildman–Crippen LogP) is 5.49. The van der Waals surface area contributed by atoms with Crippen LogP contribution in [0.5, 0.6) is 11.5 Å². The molecule has 3 rings (SSSR count). The molecule has 0 radical (unpaired) electrons. The van der Waals surface area contributed by atoms with Crippen molar-refractivity contribution in [2.45, 2.75) is 26.4 Å². The maximum atomic E-state index is 12.7. The summed E-state index contributed by atoms with van der Waals surface area (Å²) in [7, 11) is 0. The highest BCUT2D eigenvalue weighted by atomic mass is 79.9. The molecule has 1 aliphatic heterocycles. The minimum atomic E-state index is -0.892. The first-order valence-corrected chi connectivity index (χ1v) is 12.0. The molecule has 2 aromatic rings. The van der Waals surface area contributed by atoms with E-state index in [0.717, 1.165) is 15.6 Å². The van der Waals surface area contributed by atoms with E-state index >= 15 is 0 Å². The molecular weight excluding hydrogens is 514 g/mol. The van der Waals surface area contributed by atoms with E-state index in [1.54, 1.807) is 6.08 Å². The molecule has 1 amide bonds. The van der Waals surface area contributed by atoms with Crippen molar-refractivity contribution in [3.05, 3.63) is 63.0 Å². The third kappa shape index (κ3) is 6.57. The summed E-state index contributed by atoms with van der Waals surface area (Å²) < 4.78 is 13.1. The number of carboxylic acids is 1. The Balaban J connectivity index is 1.72. The lowest BCUT2D eigenvalue weighted by Gasteiger charge is -2.13. The zero-order chi connectivity index (χ0) is 23.1. The van der Waals surface area contributed by atoms with Crippen LogP contribution in [0, 0.1) is 0 Å². The van der Waals surface area contributed by atoms with Gasteiger partial charge < -0.3 is 14.6 Å². The molecule has 1 aliphatic rings. The van der Waals surface area contributed by atoms with E-state index in [0.29, 0.717) is 46.9 Å². The van der Waals surface area contributed by atoms with Gasteiger partial charge in [-0.2, -0.15) is 0 Å². The van der Waals surface area contributed by atoms with Crippen LogP contribution in [-0.2, 0) is 16.2 Å². The first-order valence-electron chi connectivity index (χ1n) is 9.98. The highest BCUT2D eigenvalue weighted by Crippen LogP contribution is 2.35. The second kappa shape index (κ2) is 11.5. The summed E-state index contributed by atoms with van der Waals surface area (Å²) in [6, 6.07) is 13.4. The molecule has 2 aromatic carbocycles. The molecule has 0 bridgehead atoms. The van der Waals surface area contributed by atoms with Gasteiger partial charge in [0.15, 0.2) is 11.5 Å². The summed E-state index contributed by atoms with van der Waals surface area (Å²) in [5.74, 6) is 0.110. The predicted molar refractivity (Wildman–Crippen MR) is 133 cm³/mol. The standard InChI is InChI=1S/C23H22BrNO5S2/c1-2-29-19-12-16(7-10-18(19)30-14-15-5-8-17(24)9-6-15)13-20-22(28)25(23(31)32-20)11-3-4-21(26)27/h5-10,12-13H,2-4,11,14H2,1H3,(H,26,27)/b20-13+. The van der Waals surface area contributed by atoms with Crippen LogP contribution in [0.4, 0.5) is 0 Å². The number of halogens is 1. The molecule has 9 heteroatoms. The second-order valence-electron chi connectivity index (χ2n) is 6.88. The van der Waals surface area contributed by atoms with Gasteiger partial charge in [-0.1, -0.05) is 58.1 Å². The minimum absolute atomic E-state index is 0.00442. The molecule has 0 atom stereocenters. The van der Waals surface area contributed by atoms with Crippen molar-refractivity contribution in [2.75, 3.05) is 13.2 Å². The van der Waals surface area contributed by atoms with Crippen molar-refractivity contribution in [1.82, 2.24) is 4.90 Å². The molecule has 0 aliphatic carbocycles. The topological polar surface area (TPSA) is 76.1 Å². The number of rotatable bonds is 10. The van der Waals surface area contributed by atoms with Gasteiger partial charge in [0.1, 0.15) is 10.9 Å². The third-order valence-corrected chi connectivity index (χ3v) is 6.43. The monoisotopic (exact) mass is 535 g/mol. The van der Waals surface area contributed by atoms with Crippen LogP contribution < -0.4 is 9.47 Å². The first kappa shape index (κ1) is 24.3. The van der Waals surface area contributed by atoms with E-state index < -0.39 is 5.97 Å². The van der Waals surface area contributed by atoms with Crippen molar-refractivity contribution >= 4 is 62.2 Å². The highest BCUT2D eigenvalue weighted by Gasteiger charge is 2.31. The highest BCUT2D eigenvalue weighted by molar-refractivity contribution is 9.10. The number of carbonyl (C=O) groups is 2. The van der Waals surface area contributed by atoms with Crippen molar-refractivity contribution in [3.63, 3.8) is 0 Å². The van der Waals surface area contributed by atoms with Gasteiger partial charge in [-0.05, 0) is 54.8 Å². The van der Waals surface area contributed by atoms with Crippen LogP contribution in [0.3, 0.4) is 0 Å². The molecule has 1 saturated heterocycles. The fraction of sp³-hybridized carbons (Fsp3) is 0.261. The second-order valence-corrected chi connectivity index (χ2v) is 9.48. The number of hydrogen-bond donors (Lipinski definition) is 1. The molecule has 32 heavy (non-hydrogen) atoms. The van der Waals surface area contributed by atoms with Gasteiger partial charge >= 0.3 is 5.97 Å². The van der Waals surface area contributed by atoms with Crippen LogP contribution in [-0.4, -0.2) is 39.4 Å². The van der Waals surface area contributed by atoms with Gasteiger partial charge in [-0.25, -0.2) is 0 Å². The van der Waals surface area contributed by atoms with Crippen LogP contribution in [0.25, 0.3) is 6.08 Å². The van der Waals surface area contributed by atoms with E-state index in [-0.39, 0.29) is 12.3 Å². The summed E-state index contributed by atoms with van der Waals surface area (Å²) in [5.41, 5.74) is 1.82. The zero-order valence-electron chi connectivity index (χ0n) is 17.4. The average molecular weight is 536 g/mol. The number of amides is 1. The summed E-state index contributed by atoms with van der Waals surface area (Å²) in [4.78, 5) is 25.4. The number of carbonyl (C=O) groups excluding carboxylic acids is 1. The van der Waals surface area contributed by atoms with Crippen LogP contribution in [0.2, 0.25) is 0 Å². The molecular formula is C23H22BrNO5S2. The number of hydrogen-bond acceptors (Lipinski definition) is 6. The maximum Gasteiger partial charge on any atom is 0.303 e. The van der Waals surface area contributed by atoms with Crippen molar-refractivity contribution < 1.29 is 24.2 Å². The number of benzene rings is 2. The molecule has 1 fully saturated rings. The Bertz CT molecular complexity index is 1040. The van der Waals surface area contributed by atoms with Crippen molar-refractivity contribution in [2.24, 2.45) is 0 Å². The van der Waals surface area contributed by atoms with Gasteiger partial charge in [0.05, 0.1) is 11.5 Å². The number of ether oxygens (including phenoxy) is 2. The zero-order valence-corrected chi connectivity index (χ0v) is 20.6. The van der Waals surface area contributed by atoms with Crippen LogP contribution >= 0.6 is 39.9 Å². The molecule has 0 unspecified atom stereocenters. The van der Waals surface area contributed by atoms with Crippen molar-refractivity contribution in [1.29, 1.82) is 0 Å². The Morgan fingerprint density at radius 3 is 2.62 bits per heavy atom. The summed E-state index contributed by atoms with van der Waals surface area (Å²) in [6.07, 6.45) is 2.11. The van der Waals surface area contributed by atoms with E-state index in [2.05, 4.69) is 15.9 Å². The fourth-order valence-corrected chi connectivity index (χ4v) is 4.55. The Morgan fingerprint density at radius 2 is 1.94 bits per heavy atom. The fourth-order valence-electron chi connectivity index (χ4n) is 2.98. The molecule has 0 spiro atoms. The van der Waals surface area contributed by atoms with E-state index in [4.69, 9.17) is 26.8 Å². The Morgan fingerprint density at radius 1 is 1.19 bits per heavy atom. The largest absolute Gasteiger partial charge is 0.490 e. The maximum absolute atomic E-state index is 12.7. The average Bonchev–Trinajstić information content (AvgIpc) is 3.01. The van der Waals surface area contributed by atoms with E-state index in [1.807, 2.05) is 49.4 Å². The quantitative estimate of drug-likeness (QED) is 0.318. The molecule has 1 heterocycles. The number of nitrogens with zero attached hydrogens (tertiary/aromatic N) is 1. The third-order valence-electron chi connectivity index (χ3n) is 4.52. The first-order chi connectivity index (χ1) is 15.4. The number of thiocarbonyl (C=S) groups is 1. The lowest BCUT2D eigenvalue weighted by atomic mass is 10.1. The smallest absolute Gasteiger partial charge is 0.303 e. The normalized spacial score (nSPS) is 14.8. The Hall–Kier alpha value is -2.36. The van der Waals surface area contributed by atoms with E-state index in [9.17, 15) is 9.59 Å². The lowest BCUT2D eigenvalue weighted by Crippen LogP contribution is -2.29. The number of thioether (sulfide) groups is 1. The van der Waals surface area contributed by atoms with Crippen molar-refractivity contribution in [3.8, 4) is 11.5 Å². The van der Waals surface area contributed by atoms with Gasteiger partial charge in [-0.3, -0.25) is 14.5 Å². The molecule has 1 N–H and O–H groups in total. The van der Waals surface area contributed by atoms with Gasteiger partial charge in [-0.15, -0.1) is 0 Å². The van der Waals surface area contributed by atoms with Gasteiger partial charge in [0.2, 0.25) is 0 Å². The summed E-state index contributed by atoms with van der Waals surface area (Å²) >= 11 is 9.93.